The van der Waals surface area contributed by atoms with Crippen molar-refractivity contribution in [2.45, 2.75) is 219 Å². The summed E-state index contributed by atoms with van der Waals surface area (Å²) in [4.78, 5) is 67.2. The molecular formula is C45H84BN7O8. The Labute approximate surface area is 367 Å². The summed E-state index contributed by atoms with van der Waals surface area (Å²) in [5.74, 6) is -2.20. The Morgan fingerprint density at radius 1 is 0.705 bits per heavy atom. The van der Waals surface area contributed by atoms with Crippen molar-refractivity contribution in [1.29, 1.82) is 0 Å². The van der Waals surface area contributed by atoms with Crippen molar-refractivity contribution >= 4 is 36.7 Å². The Bertz CT molecular complexity index is 1390. The van der Waals surface area contributed by atoms with E-state index < -0.39 is 72.6 Å². The van der Waals surface area contributed by atoms with Crippen LogP contribution in [0.15, 0.2) is 0 Å². The first-order chi connectivity index (χ1) is 29.0. The molecule has 0 aromatic rings. The molecular weight excluding hydrogens is 777 g/mol. The van der Waals surface area contributed by atoms with Crippen LogP contribution in [0.5, 0.6) is 0 Å². The summed E-state index contributed by atoms with van der Waals surface area (Å²) in [7, 11) is -0.633. The zero-order valence-corrected chi connectivity index (χ0v) is 39.0. The van der Waals surface area contributed by atoms with Gasteiger partial charge >= 0.3 is 7.12 Å². The molecule has 1 heterocycles. The molecule has 61 heavy (non-hydrogen) atoms. The molecule has 2 bridgehead atoms. The first-order valence-corrected chi connectivity index (χ1v) is 23.9. The van der Waals surface area contributed by atoms with Crippen molar-refractivity contribution in [2.24, 2.45) is 23.0 Å². The van der Waals surface area contributed by atoms with Gasteiger partial charge in [0.15, 0.2) is 0 Å². The van der Waals surface area contributed by atoms with Crippen LogP contribution in [0.4, 0.5) is 0 Å². The van der Waals surface area contributed by atoms with Gasteiger partial charge in [0.1, 0.15) is 24.2 Å². The summed E-state index contributed by atoms with van der Waals surface area (Å²) in [5, 5.41) is 27.8. The predicted molar refractivity (Wildman–Crippen MR) is 240 cm³/mol. The van der Waals surface area contributed by atoms with Gasteiger partial charge in [0.05, 0.1) is 23.8 Å². The molecule has 9 N–H and O–H groups in total. The van der Waals surface area contributed by atoms with Crippen LogP contribution in [0.1, 0.15) is 171 Å². The summed E-state index contributed by atoms with van der Waals surface area (Å²) in [5.41, 5.74) is 5.48. The number of carbonyl (C=O) groups excluding carboxylic acids is 5. The van der Waals surface area contributed by atoms with Gasteiger partial charge in [-0.1, -0.05) is 91.9 Å². The molecule has 4 aliphatic rings. The molecule has 16 heteroatoms. The molecule has 10 atom stereocenters. The van der Waals surface area contributed by atoms with Gasteiger partial charge < -0.3 is 52.0 Å². The number of amides is 5. The number of carbonyl (C=O) groups is 5. The molecule has 1 aliphatic heterocycles. The zero-order valence-electron chi connectivity index (χ0n) is 39.0. The minimum Gasteiger partial charge on any atom is -0.404 e. The van der Waals surface area contributed by atoms with Crippen LogP contribution in [0.25, 0.3) is 0 Å². The van der Waals surface area contributed by atoms with E-state index in [2.05, 4.69) is 59.6 Å². The van der Waals surface area contributed by atoms with Gasteiger partial charge in [-0.3, -0.25) is 24.0 Å². The molecule has 5 amide bonds. The smallest absolute Gasteiger partial charge is 0.404 e. The number of hydrogen-bond acceptors (Lipinski definition) is 10. The van der Waals surface area contributed by atoms with Crippen molar-refractivity contribution in [2.75, 3.05) is 19.6 Å². The number of hydrogen-bond donors (Lipinski definition) is 8. The molecule has 350 valence electrons. The SMILES string of the molecule is CCCCCCCCCCNCCC(=O)N[C@@H](CCCCC)C(=O)N[C@H](C(=O)N[C@@H](C)C(=O)N[C@@H](CCCCN)C(=O)N[C@@H](C)B1O[C@@H]2C[C@@H]3C[C@@H](C3(C)C)[C@]2(C)O1)[C@@H](C)O. The lowest BCUT2D eigenvalue weighted by Crippen LogP contribution is -2.65. The Kier molecular flexibility index (Phi) is 22.5. The van der Waals surface area contributed by atoms with Crippen molar-refractivity contribution < 1.29 is 38.4 Å². The number of nitrogens with one attached hydrogen (secondary N) is 6. The summed E-state index contributed by atoms with van der Waals surface area (Å²) in [6.07, 6.45) is 15.1. The highest BCUT2D eigenvalue weighted by Crippen LogP contribution is 2.65. The van der Waals surface area contributed by atoms with Crippen LogP contribution in [0.3, 0.4) is 0 Å². The molecule has 0 aromatic carbocycles. The van der Waals surface area contributed by atoms with E-state index in [4.69, 9.17) is 15.0 Å². The van der Waals surface area contributed by atoms with Crippen LogP contribution in [0, 0.1) is 17.3 Å². The van der Waals surface area contributed by atoms with Crippen molar-refractivity contribution in [3.05, 3.63) is 0 Å². The van der Waals surface area contributed by atoms with Crippen LogP contribution in [-0.2, 0) is 33.3 Å². The van der Waals surface area contributed by atoms with E-state index in [9.17, 15) is 29.1 Å². The summed E-state index contributed by atoms with van der Waals surface area (Å²) in [6.45, 7) is 17.4. The molecule has 3 saturated carbocycles. The van der Waals surface area contributed by atoms with Crippen LogP contribution in [-0.4, -0.2) is 109 Å². The molecule has 0 unspecified atom stereocenters. The lowest BCUT2D eigenvalue weighted by molar-refractivity contribution is -0.199. The van der Waals surface area contributed by atoms with Crippen molar-refractivity contribution in [1.82, 2.24) is 31.9 Å². The molecule has 3 aliphatic carbocycles. The van der Waals surface area contributed by atoms with E-state index in [0.717, 1.165) is 45.1 Å². The largest absolute Gasteiger partial charge is 0.481 e. The second-order valence-electron chi connectivity index (χ2n) is 19.0. The molecule has 15 nitrogen and oxygen atoms in total. The van der Waals surface area contributed by atoms with E-state index in [1.54, 1.807) is 0 Å². The van der Waals surface area contributed by atoms with E-state index in [-0.39, 0.29) is 23.8 Å². The lowest BCUT2D eigenvalue weighted by Gasteiger charge is -2.64. The van der Waals surface area contributed by atoms with Gasteiger partial charge in [0.25, 0.3) is 0 Å². The quantitative estimate of drug-likeness (QED) is 0.0371. The van der Waals surface area contributed by atoms with Crippen LogP contribution in [0.2, 0.25) is 0 Å². The minimum absolute atomic E-state index is 0.0410. The Balaban J connectivity index is 1.51. The second-order valence-corrected chi connectivity index (χ2v) is 19.0. The van der Waals surface area contributed by atoms with Crippen LogP contribution < -0.4 is 37.6 Å². The predicted octanol–water partition coefficient (Wildman–Crippen LogP) is 3.93. The fraction of sp³-hybridized carbons (Fsp3) is 0.889. The molecule has 4 rings (SSSR count). The standard InChI is InChI=1S/C45H84BN7O8/c1-9-11-13-14-15-16-17-21-26-48-27-24-38(55)51-34(22-18-12-10-2)42(58)53-39(31(4)54)43(59)49-30(3)40(56)52-35(23-19-20-25-47)41(57)50-32(5)46-60-37-29-33-28-36(44(33,6)7)45(37,8)61-46/h30-37,39,48,54H,9-29,47H2,1-8H3,(H,49,59)(H,50,57)(H,51,55)(H,52,56)(H,53,58)/t30-,31+,32-,33-,34-,35-,36-,37+,39-,45-/m0/s1. The number of aliphatic hydroxyl groups excluding tert-OH is 1. The fourth-order valence-electron chi connectivity index (χ4n) is 9.44. The second kappa shape index (κ2) is 26.1. The highest BCUT2D eigenvalue weighted by Gasteiger charge is 2.68. The molecule has 0 radical (unpaired) electrons. The summed E-state index contributed by atoms with van der Waals surface area (Å²) in [6, 6.07) is -4.35. The Morgan fingerprint density at radius 3 is 1.92 bits per heavy atom. The lowest BCUT2D eigenvalue weighted by atomic mass is 9.43. The number of nitrogens with two attached hydrogens (primary N) is 1. The van der Waals surface area contributed by atoms with E-state index in [1.165, 1.54) is 52.4 Å². The third kappa shape index (κ3) is 15.8. The highest BCUT2D eigenvalue weighted by molar-refractivity contribution is 6.47. The Hall–Kier alpha value is -2.79. The highest BCUT2D eigenvalue weighted by atomic mass is 16.7. The normalized spacial score (nSPS) is 24.2. The monoisotopic (exact) mass is 862 g/mol. The Morgan fingerprint density at radius 2 is 1.30 bits per heavy atom. The first-order valence-electron chi connectivity index (χ1n) is 23.9. The molecule has 1 saturated heterocycles. The maximum absolute atomic E-state index is 13.7. The number of unbranched alkanes of at least 4 members (excludes halogenated alkanes) is 10. The minimum atomic E-state index is -1.40. The van der Waals surface area contributed by atoms with Gasteiger partial charge in [0, 0.05) is 13.0 Å². The molecule has 0 aromatic heterocycles. The van der Waals surface area contributed by atoms with Gasteiger partial charge in [-0.15, -0.1) is 0 Å². The molecule has 0 spiro atoms. The van der Waals surface area contributed by atoms with Crippen molar-refractivity contribution in [3.8, 4) is 0 Å². The van der Waals surface area contributed by atoms with E-state index in [1.807, 2.05) is 13.8 Å². The van der Waals surface area contributed by atoms with Gasteiger partial charge in [-0.05, 0) is 103 Å². The van der Waals surface area contributed by atoms with Crippen LogP contribution >= 0.6 is 0 Å². The number of rotatable bonds is 31. The fourth-order valence-corrected chi connectivity index (χ4v) is 9.44. The first kappa shape index (κ1) is 52.6. The number of aliphatic hydroxyl groups is 1. The van der Waals surface area contributed by atoms with E-state index >= 15 is 0 Å². The van der Waals surface area contributed by atoms with E-state index in [0.29, 0.717) is 57.0 Å². The average Bonchev–Trinajstić information content (AvgIpc) is 3.58. The third-order valence-corrected chi connectivity index (χ3v) is 13.6. The molecule has 4 fully saturated rings. The van der Waals surface area contributed by atoms with Gasteiger partial charge in [-0.2, -0.15) is 0 Å². The topological polar surface area (TPSA) is 222 Å². The zero-order chi connectivity index (χ0) is 45.2. The third-order valence-electron chi connectivity index (χ3n) is 13.6. The average molecular weight is 862 g/mol. The summed E-state index contributed by atoms with van der Waals surface area (Å²) >= 11 is 0. The maximum Gasteiger partial charge on any atom is 0.481 e. The maximum atomic E-state index is 13.7. The summed E-state index contributed by atoms with van der Waals surface area (Å²) < 4.78 is 12.9. The van der Waals surface area contributed by atoms with Crippen molar-refractivity contribution in [3.63, 3.8) is 0 Å². The van der Waals surface area contributed by atoms with Gasteiger partial charge in [-0.25, -0.2) is 0 Å². The van der Waals surface area contributed by atoms with Gasteiger partial charge in [0.2, 0.25) is 29.5 Å².